The first kappa shape index (κ1) is 22.0. The number of nitrogens with two attached hydrogens (primary N) is 1. The van der Waals surface area contributed by atoms with Crippen LogP contribution in [0.1, 0.15) is 30.7 Å². The zero-order chi connectivity index (χ0) is 22.8. The summed E-state index contributed by atoms with van der Waals surface area (Å²) in [5.74, 6) is 0.520. The predicted octanol–water partition coefficient (Wildman–Crippen LogP) is -0.653. The second kappa shape index (κ2) is 9.12. The number of amides is 1. The number of nitrogens with one attached hydrogen (secondary N) is 1. The van der Waals surface area contributed by atoms with Crippen molar-refractivity contribution in [3.63, 3.8) is 0 Å². The summed E-state index contributed by atoms with van der Waals surface area (Å²) in [6.07, 6.45) is 3.27. The van der Waals surface area contributed by atoms with Crippen LogP contribution in [0.15, 0.2) is 39.9 Å². The lowest BCUT2D eigenvalue weighted by Gasteiger charge is -2.27. The Balaban J connectivity index is 1.64. The van der Waals surface area contributed by atoms with Crippen LogP contribution in [0.3, 0.4) is 0 Å². The molecule has 1 fully saturated rings. The van der Waals surface area contributed by atoms with E-state index < -0.39 is 0 Å². The largest absolute Gasteiger partial charge is 0.369 e. The van der Waals surface area contributed by atoms with Crippen molar-refractivity contribution >= 4 is 17.1 Å². The monoisotopic (exact) mass is 439 g/mol. The summed E-state index contributed by atoms with van der Waals surface area (Å²) in [4.78, 5) is 43.0. The van der Waals surface area contributed by atoms with Crippen molar-refractivity contribution in [2.75, 3.05) is 13.1 Å². The first-order chi connectivity index (χ1) is 15.4. The number of imidazole rings is 1. The fourth-order valence-electron chi connectivity index (χ4n) is 4.66. The maximum atomic E-state index is 13.0. The number of fused-ring (bicyclic) bond motifs is 1. The van der Waals surface area contributed by atoms with Crippen LogP contribution >= 0.6 is 0 Å². The van der Waals surface area contributed by atoms with Gasteiger partial charge in [0.1, 0.15) is 6.54 Å². The second-order valence-electron chi connectivity index (χ2n) is 8.75. The lowest BCUT2D eigenvalue weighted by molar-refractivity contribution is -0.920. The molecule has 0 atom stereocenters. The van der Waals surface area contributed by atoms with E-state index in [2.05, 4.69) is 12.1 Å². The molecule has 4 rings (SSSR count). The molecule has 0 radical (unpaired) electrons. The Bertz CT molecular complexity index is 1230. The first-order valence-electron chi connectivity index (χ1n) is 11.2. The van der Waals surface area contributed by atoms with E-state index in [0.29, 0.717) is 24.3 Å². The van der Waals surface area contributed by atoms with E-state index in [9.17, 15) is 14.4 Å². The highest BCUT2D eigenvalue weighted by Crippen LogP contribution is 2.14. The number of aromatic nitrogens is 4. The quantitative estimate of drug-likeness (QED) is 0.510. The number of likely N-dealkylation sites (tertiary alicyclic amines) is 1. The molecule has 3 N–H and O–H groups in total. The number of nitrogens with zero attached hydrogens (tertiary/aromatic N) is 4. The van der Waals surface area contributed by atoms with Crippen LogP contribution in [0.5, 0.6) is 0 Å². The average molecular weight is 440 g/mol. The number of carbonyl (C=O) groups excluding carboxylic acids is 1. The fraction of sp³-hybridized carbons (Fsp3) is 0.478. The van der Waals surface area contributed by atoms with E-state index in [4.69, 9.17) is 10.7 Å². The minimum atomic E-state index is -0.377. The number of quaternary nitrogens is 1. The van der Waals surface area contributed by atoms with Gasteiger partial charge < -0.3 is 15.2 Å². The smallest absolute Gasteiger partial charge is 0.332 e. The molecule has 0 spiro atoms. The summed E-state index contributed by atoms with van der Waals surface area (Å²) in [5.41, 5.74) is 6.93. The van der Waals surface area contributed by atoms with E-state index in [1.807, 2.05) is 22.8 Å². The molecule has 0 saturated carbocycles. The SMILES string of the molecule is Cn1c(=O)c2c(nc(C[NH+]3CCC(C(N)=O)CC3)n2CCCc2ccccc2)n(C)c1=O. The topological polar surface area (TPSA) is 109 Å². The van der Waals surface area contributed by atoms with Crippen LogP contribution < -0.4 is 21.9 Å². The average Bonchev–Trinajstić information content (AvgIpc) is 3.15. The van der Waals surface area contributed by atoms with Crippen LogP contribution in [-0.4, -0.2) is 37.7 Å². The normalized spacial score (nSPS) is 18.8. The fourth-order valence-corrected chi connectivity index (χ4v) is 4.66. The summed E-state index contributed by atoms with van der Waals surface area (Å²) in [6.45, 7) is 2.95. The highest BCUT2D eigenvalue weighted by atomic mass is 16.2. The number of aryl methyl sites for hydroxylation is 3. The summed E-state index contributed by atoms with van der Waals surface area (Å²) in [7, 11) is 3.16. The van der Waals surface area contributed by atoms with Gasteiger partial charge in [0.05, 0.1) is 13.1 Å². The highest BCUT2D eigenvalue weighted by molar-refractivity contribution is 5.76. The van der Waals surface area contributed by atoms with Gasteiger partial charge >= 0.3 is 5.69 Å². The minimum Gasteiger partial charge on any atom is -0.369 e. The lowest BCUT2D eigenvalue weighted by atomic mass is 9.96. The Labute approximate surface area is 186 Å². The molecule has 9 nitrogen and oxygen atoms in total. The third-order valence-corrected chi connectivity index (χ3v) is 6.62. The molecule has 3 heterocycles. The van der Waals surface area contributed by atoms with Gasteiger partial charge in [-0.3, -0.25) is 18.7 Å². The first-order valence-corrected chi connectivity index (χ1v) is 11.2. The maximum absolute atomic E-state index is 13.0. The Morgan fingerprint density at radius 3 is 2.47 bits per heavy atom. The van der Waals surface area contributed by atoms with Crippen molar-refractivity contribution in [3.8, 4) is 0 Å². The summed E-state index contributed by atoms with van der Waals surface area (Å²) in [6, 6.07) is 10.3. The van der Waals surface area contributed by atoms with Crippen molar-refractivity contribution in [1.82, 2.24) is 18.7 Å². The van der Waals surface area contributed by atoms with E-state index >= 15 is 0 Å². The molecule has 1 aliphatic rings. The van der Waals surface area contributed by atoms with Gasteiger partial charge in [0, 0.05) is 39.4 Å². The summed E-state index contributed by atoms with van der Waals surface area (Å²) < 4.78 is 4.59. The summed E-state index contributed by atoms with van der Waals surface area (Å²) >= 11 is 0. The number of hydrogen-bond donors (Lipinski definition) is 2. The van der Waals surface area contributed by atoms with E-state index in [0.717, 1.165) is 49.2 Å². The van der Waals surface area contributed by atoms with Gasteiger partial charge in [0.25, 0.3) is 5.56 Å². The molecule has 1 aromatic carbocycles. The molecule has 1 amide bonds. The van der Waals surface area contributed by atoms with Crippen molar-refractivity contribution < 1.29 is 9.69 Å². The molecule has 0 bridgehead atoms. The van der Waals surface area contributed by atoms with Crippen LogP contribution in [0, 0.1) is 5.92 Å². The van der Waals surface area contributed by atoms with Crippen LogP contribution in [0.2, 0.25) is 0 Å². The molecule has 9 heteroatoms. The zero-order valence-electron chi connectivity index (χ0n) is 18.7. The van der Waals surface area contributed by atoms with Gasteiger partial charge in [-0.25, -0.2) is 9.78 Å². The Kier molecular flexibility index (Phi) is 6.27. The third-order valence-electron chi connectivity index (χ3n) is 6.62. The molecule has 1 saturated heterocycles. The number of benzene rings is 1. The van der Waals surface area contributed by atoms with Gasteiger partial charge in [-0.05, 0) is 18.4 Å². The molecule has 2 aromatic heterocycles. The molecule has 170 valence electrons. The molecule has 0 aliphatic carbocycles. The lowest BCUT2D eigenvalue weighted by Crippen LogP contribution is -3.12. The van der Waals surface area contributed by atoms with Crippen molar-refractivity contribution in [2.24, 2.45) is 25.7 Å². The molecule has 3 aromatic rings. The molecular formula is C23H31N6O3+. The van der Waals surface area contributed by atoms with Crippen LogP contribution in [0.25, 0.3) is 11.2 Å². The van der Waals surface area contributed by atoms with E-state index in [1.165, 1.54) is 22.1 Å². The van der Waals surface area contributed by atoms with E-state index in [-0.39, 0.29) is 23.1 Å². The number of carbonyl (C=O) groups is 1. The van der Waals surface area contributed by atoms with Gasteiger partial charge in [-0.15, -0.1) is 0 Å². The Hall–Kier alpha value is -3.20. The minimum absolute atomic E-state index is 0.0587. The van der Waals surface area contributed by atoms with Crippen LogP contribution in [0.4, 0.5) is 0 Å². The van der Waals surface area contributed by atoms with Crippen molar-refractivity contribution in [3.05, 3.63) is 62.6 Å². The number of rotatable bonds is 7. The number of hydrogen-bond acceptors (Lipinski definition) is 4. The van der Waals surface area contributed by atoms with Crippen LogP contribution in [-0.2, 0) is 38.4 Å². The van der Waals surface area contributed by atoms with E-state index in [1.54, 1.807) is 7.05 Å². The van der Waals surface area contributed by atoms with Gasteiger partial charge in [0.2, 0.25) is 5.91 Å². The number of primary amides is 1. The molecule has 32 heavy (non-hydrogen) atoms. The summed E-state index contributed by atoms with van der Waals surface area (Å²) in [5, 5.41) is 0. The Morgan fingerprint density at radius 1 is 1.12 bits per heavy atom. The predicted molar refractivity (Wildman–Crippen MR) is 121 cm³/mol. The van der Waals surface area contributed by atoms with Gasteiger partial charge in [0.15, 0.2) is 17.0 Å². The Morgan fingerprint density at radius 2 is 1.81 bits per heavy atom. The second-order valence-corrected chi connectivity index (χ2v) is 8.75. The zero-order valence-corrected chi connectivity index (χ0v) is 18.7. The standard InChI is InChI=1S/C23H30N6O3/c1-26-21-19(22(31)27(2)23(26)32)29(12-6-9-16-7-4-3-5-8-16)18(25-21)15-28-13-10-17(11-14-28)20(24)30/h3-5,7-8,17H,6,9-15H2,1-2H3,(H2,24,30)/p+1. The maximum Gasteiger partial charge on any atom is 0.332 e. The van der Waals surface area contributed by atoms with Gasteiger partial charge in [-0.2, -0.15) is 0 Å². The molecular weight excluding hydrogens is 408 g/mol. The number of piperidine rings is 1. The van der Waals surface area contributed by atoms with Gasteiger partial charge in [-0.1, -0.05) is 30.3 Å². The third kappa shape index (κ3) is 4.25. The van der Waals surface area contributed by atoms with Crippen molar-refractivity contribution in [1.29, 1.82) is 0 Å². The highest BCUT2D eigenvalue weighted by Gasteiger charge is 2.28. The molecule has 0 unspecified atom stereocenters. The molecule has 1 aliphatic heterocycles. The van der Waals surface area contributed by atoms with Crippen molar-refractivity contribution in [2.45, 2.75) is 38.8 Å².